The third-order valence-corrected chi connectivity index (χ3v) is 2.55. The van der Waals surface area contributed by atoms with Gasteiger partial charge in [0.25, 0.3) is 11.7 Å². The van der Waals surface area contributed by atoms with E-state index < -0.39 is 11.7 Å². The zero-order valence-corrected chi connectivity index (χ0v) is 9.25. The van der Waals surface area contributed by atoms with Gasteiger partial charge in [0, 0.05) is 5.88 Å². The first-order valence-electron chi connectivity index (χ1n) is 4.94. The predicted octanol–water partition coefficient (Wildman–Crippen LogP) is 2.46. The first kappa shape index (κ1) is 10.9. The Morgan fingerprint density at radius 1 is 1.31 bits per heavy atom. The predicted molar refractivity (Wildman–Crippen MR) is 63.8 cm³/mol. The highest BCUT2D eigenvalue weighted by molar-refractivity contribution is 6.51. The summed E-state index contributed by atoms with van der Waals surface area (Å²) in [7, 11) is 0. The van der Waals surface area contributed by atoms with Gasteiger partial charge in [0.05, 0.1) is 11.3 Å². The van der Waals surface area contributed by atoms with E-state index in [1.165, 1.54) is 0 Å². The number of Topliss-reactive ketones (excluding diaryl/α,β-unsaturated/α-hetero) is 1. The number of hydrogen-bond acceptors (Lipinski definition) is 2. The molecule has 1 aromatic rings. The Bertz CT molecular complexity index is 480. The SMILES string of the molecule is O=C1Nc2cc(C=CCCCl)ccc2C1=O. The Hall–Kier alpha value is -1.61. The van der Waals surface area contributed by atoms with Crippen molar-refractivity contribution in [2.24, 2.45) is 0 Å². The number of ketones is 1. The van der Waals surface area contributed by atoms with Crippen molar-refractivity contribution in [3.63, 3.8) is 0 Å². The molecule has 0 fully saturated rings. The Labute approximate surface area is 98.1 Å². The molecular weight excluding hydrogens is 226 g/mol. The van der Waals surface area contributed by atoms with Crippen LogP contribution in [0.2, 0.25) is 0 Å². The molecule has 1 aliphatic rings. The van der Waals surface area contributed by atoms with Gasteiger partial charge in [-0.1, -0.05) is 18.2 Å². The zero-order valence-electron chi connectivity index (χ0n) is 8.50. The van der Waals surface area contributed by atoms with E-state index in [2.05, 4.69) is 5.32 Å². The Morgan fingerprint density at radius 3 is 2.88 bits per heavy atom. The first-order chi connectivity index (χ1) is 7.72. The fourth-order valence-electron chi connectivity index (χ4n) is 1.55. The van der Waals surface area contributed by atoms with Crippen molar-refractivity contribution in [3.05, 3.63) is 35.4 Å². The molecule has 0 saturated carbocycles. The van der Waals surface area contributed by atoms with Crippen LogP contribution in [0.15, 0.2) is 24.3 Å². The summed E-state index contributed by atoms with van der Waals surface area (Å²) >= 11 is 5.55. The van der Waals surface area contributed by atoms with E-state index in [1.54, 1.807) is 12.1 Å². The summed E-state index contributed by atoms with van der Waals surface area (Å²) in [5.41, 5.74) is 1.97. The number of allylic oxidation sites excluding steroid dienone is 1. The van der Waals surface area contributed by atoms with Crippen molar-refractivity contribution >= 4 is 35.1 Å². The summed E-state index contributed by atoms with van der Waals surface area (Å²) in [6.45, 7) is 0. The van der Waals surface area contributed by atoms with Crippen molar-refractivity contribution in [3.8, 4) is 0 Å². The van der Waals surface area contributed by atoms with E-state index in [-0.39, 0.29) is 0 Å². The summed E-state index contributed by atoms with van der Waals surface area (Å²) in [4.78, 5) is 22.4. The number of nitrogens with one attached hydrogen (secondary N) is 1. The lowest BCUT2D eigenvalue weighted by Gasteiger charge is -1.98. The van der Waals surface area contributed by atoms with Gasteiger partial charge >= 0.3 is 0 Å². The van der Waals surface area contributed by atoms with Crippen LogP contribution in [0.3, 0.4) is 0 Å². The molecule has 0 aromatic heterocycles. The minimum Gasteiger partial charge on any atom is -0.318 e. The molecule has 0 atom stereocenters. The zero-order chi connectivity index (χ0) is 11.5. The van der Waals surface area contributed by atoms with Crippen molar-refractivity contribution in [2.75, 3.05) is 11.2 Å². The molecule has 0 radical (unpaired) electrons. The first-order valence-corrected chi connectivity index (χ1v) is 5.48. The number of carbonyl (C=O) groups is 2. The number of carbonyl (C=O) groups excluding carboxylic acids is 2. The minimum atomic E-state index is -0.558. The molecule has 0 spiro atoms. The van der Waals surface area contributed by atoms with Gasteiger partial charge < -0.3 is 5.32 Å². The van der Waals surface area contributed by atoms with Gasteiger partial charge in [-0.3, -0.25) is 9.59 Å². The lowest BCUT2D eigenvalue weighted by atomic mass is 10.1. The molecule has 0 unspecified atom stereocenters. The maximum atomic E-state index is 11.3. The quantitative estimate of drug-likeness (QED) is 0.646. The Balaban J connectivity index is 2.25. The number of fused-ring (bicyclic) bond motifs is 1. The van der Waals surface area contributed by atoms with Gasteiger partial charge in [-0.15, -0.1) is 11.6 Å². The number of amides is 1. The molecule has 16 heavy (non-hydrogen) atoms. The van der Waals surface area contributed by atoms with E-state index in [9.17, 15) is 9.59 Å². The van der Waals surface area contributed by atoms with Crippen molar-refractivity contribution in [1.82, 2.24) is 0 Å². The molecule has 1 aliphatic heterocycles. The van der Waals surface area contributed by atoms with Gasteiger partial charge in [0.15, 0.2) is 0 Å². The minimum absolute atomic E-state index is 0.444. The molecule has 82 valence electrons. The van der Waals surface area contributed by atoms with E-state index in [4.69, 9.17) is 11.6 Å². The smallest absolute Gasteiger partial charge is 0.296 e. The van der Waals surface area contributed by atoms with Gasteiger partial charge in [-0.25, -0.2) is 0 Å². The topological polar surface area (TPSA) is 46.2 Å². The third kappa shape index (κ3) is 1.99. The number of alkyl halides is 1. The monoisotopic (exact) mass is 235 g/mol. The molecule has 0 bridgehead atoms. The molecule has 1 aromatic carbocycles. The van der Waals surface area contributed by atoms with E-state index in [0.717, 1.165) is 12.0 Å². The second-order valence-electron chi connectivity index (χ2n) is 3.47. The summed E-state index contributed by atoms with van der Waals surface area (Å²) in [6.07, 6.45) is 4.66. The average molecular weight is 236 g/mol. The van der Waals surface area contributed by atoms with Crippen LogP contribution in [-0.2, 0) is 4.79 Å². The van der Waals surface area contributed by atoms with Crippen molar-refractivity contribution < 1.29 is 9.59 Å². The number of hydrogen-bond donors (Lipinski definition) is 1. The largest absolute Gasteiger partial charge is 0.318 e. The molecule has 1 heterocycles. The number of benzene rings is 1. The van der Waals surface area contributed by atoms with Gasteiger partial charge in [-0.05, 0) is 24.1 Å². The molecule has 1 N–H and O–H groups in total. The highest BCUT2D eigenvalue weighted by atomic mass is 35.5. The van der Waals surface area contributed by atoms with Gasteiger partial charge in [0.1, 0.15) is 0 Å². The fraction of sp³-hybridized carbons (Fsp3) is 0.167. The van der Waals surface area contributed by atoms with Crippen LogP contribution in [0.25, 0.3) is 6.08 Å². The molecule has 0 saturated heterocycles. The van der Waals surface area contributed by atoms with E-state index in [0.29, 0.717) is 17.1 Å². The molecular formula is C12H10ClNO2. The number of anilines is 1. The highest BCUT2D eigenvalue weighted by Crippen LogP contribution is 2.24. The highest BCUT2D eigenvalue weighted by Gasteiger charge is 2.27. The van der Waals surface area contributed by atoms with Gasteiger partial charge in [0.2, 0.25) is 0 Å². The molecule has 0 aliphatic carbocycles. The maximum Gasteiger partial charge on any atom is 0.296 e. The molecule has 4 heteroatoms. The van der Waals surface area contributed by atoms with Crippen LogP contribution < -0.4 is 5.32 Å². The van der Waals surface area contributed by atoms with Crippen LogP contribution >= 0.6 is 11.6 Å². The summed E-state index contributed by atoms with van der Waals surface area (Å²) < 4.78 is 0. The van der Waals surface area contributed by atoms with Crippen LogP contribution in [0.1, 0.15) is 22.3 Å². The Kier molecular flexibility index (Phi) is 3.06. The molecule has 1 amide bonds. The van der Waals surface area contributed by atoms with E-state index >= 15 is 0 Å². The van der Waals surface area contributed by atoms with Crippen LogP contribution in [0.5, 0.6) is 0 Å². The fourth-order valence-corrected chi connectivity index (χ4v) is 1.68. The number of rotatable bonds is 3. The number of halogens is 1. The van der Waals surface area contributed by atoms with Crippen LogP contribution in [-0.4, -0.2) is 17.6 Å². The summed E-state index contributed by atoms with van der Waals surface area (Å²) in [5, 5.41) is 2.53. The van der Waals surface area contributed by atoms with Crippen LogP contribution in [0, 0.1) is 0 Å². The lowest BCUT2D eigenvalue weighted by molar-refractivity contribution is -0.112. The standard InChI is InChI=1S/C12H10ClNO2/c13-6-2-1-3-8-4-5-9-10(7-8)14-12(16)11(9)15/h1,3-5,7H,2,6H2,(H,14,15,16). The second-order valence-corrected chi connectivity index (χ2v) is 3.85. The maximum absolute atomic E-state index is 11.3. The van der Waals surface area contributed by atoms with E-state index in [1.807, 2.05) is 18.2 Å². The summed E-state index contributed by atoms with van der Waals surface area (Å²) in [6, 6.07) is 5.25. The van der Waals surface area contributed by atoms with Crippen molar-refractivity contribution in [2.45, 2.75) is 6.42 Å². The third-order valence-electron chi connectivity index (χ3n) is 2.33. The normalized spacial score (nSPS) is 14.3. The lowest BCUT2D eigenvalue weighted by Crippen LogP contribution is -2.12. The summed E-state index contributed by atoms with van der Waals surface area (Å²) in [5.74, 6) is -0.445. The Morgan fingerprint density at radius 2 is 2.12 bits per heavy atom. The second kappa shape index (κ2) is 4.49. The molecule has 2 rings (SSSR count). The van der Waals surface area contributed by atoms with Crippen molar-refractivity contribution in [1.29, 1.82) is 0 Å². The average Bonchev–Trinajstić information content (AvgIpc) is 2.55. The molecule has 3 nitrogen and oxygen atoms in total. The van der Waals surface area contributed by atoms with Crippen LogP contribution in [0.4, 0.5) is 5.69 Å². The van der Waals surface area contributed by atoms with Gasteiger partial charge in [-0.2, -0.15) is 0 Å².